The van der Waals surface area contributed by atoms with Gasteiger partial charge in [-0.1, -0.05) is 0 Å². The van der Waals surface area contributed by atoms with Gasteiger partial charge in [-0.05, 0) is 0 Å². The van der Waals surface area contributed by atoms with Gasteiger partial charge < -0.3 is 0 Å². The summed E-state index contributed by atoms with van der Waals surface area (Å²) in [7, 11) is 0. The van der Waals surface area contributed by atoms with Crippen LogP contribution < -0.4 is 0 Å². The van der Waals surface area contributed by atoms with Crippen LogP contribution in [0.3, 0.4) is 0 Å². The molecule has 0 nitrogen and oxygen atoms in total. The van der Waals surface area contributed by atoms with E-state index in [0.29, 0.717) is 3.17 Å². The summed E-state index contributed by atoms with van der Waals surface area (Å²) in [5, 5.41) is 0. The molecule has 0 bridgehead atoms. The van der Waals surface area contributed by atoms with Crippen molar-refractivity contribution in [2.75, 3.05) is 0 Å². The SMILES string of the molecule is CC1=C[C](C)([Hf]([CH3])([CH3])[CH3])C(C)=C1. The number of hydrogen-bond donors (Lipinski definition) is 0. The van der Waals surface area contributed by atoms with Crippen molar-refractivity contribution in [3.63, 3.8) is 0 Å². The van der Waals surface area contributed by atoms with Crippen LogP contribution in [0.25, 0.3) is 0 Å². The summed E-state index contributed by atoms with van der Waals surface area (Å²) in [6.07, 6.45) is 4.84. The molecular weight excluding hydrogens is 311 g/mol. The third kappa shape index (κ3) is 1.53. The standard InChI is InChI=1S/C8H11.3CH3.Hf/c1-6-4-7(2)8(3)5-6;;;;/h4-5H,1-3H3;3*1H3;. The second kappa shape index (κ2) is 2.94. The van der Waals surface area contributed by atoms with Gasteiger partial charge in [-0.2, -0.15) is 0 Å². The molecule has 0 saturated carbocycles. The molecule has 0 saturated heterocycles. The Labute approximate surface area is 81.1 Å². The Morgan fingerprint density at radius 3 is 1.83 bits per heavy atom. The quantitative estimate of drug-likeness (QED) is 0.626. The van der Waals surface area contributed by atoms with Crippen LogP contribution in [-0.2, 0) is 20.0 Å². The first-order valence-corrected chi connectivity index (χ1v) is 17.2. The van der Waals surface area contributed by atoms with Crippen LogP contribution in [0.2, 0.25) is 17.2 Å². The third-order valence-corrected chi connectivity index (χ3v) is 16.5. The van der Waals surface area contributed by atoms with Crippen molar-refractivity contribution in [3.8, 4) is 0 Å². The van der Waals surface area contributed by atoms with E-state index in [1.54, 1.807) is 5.57 Å². The molecule has 1 aliphatic rings. The Kier molecular flexibility index (Phi) is 2.55. The number of allylic oxidation sites excluding steroid dienone is 4. The van der Waals surface area contributed by atoms with E-state index in [4.69, 9.17) is 0 Å². The molecule has 1 aliphatic carbocycles. The van der Waals surface area contributed by atoms with E-state index in [1.807, 2.05) is 0 Å². The van der Waals surface area contributed by atoms with Crippen LogP contribution in [0.4, 0.5) is 0 Å². The van der Waals surface area contributed by atoms with Crippen molar-refractivity contribution in [1.82, 2.24) is 0 Å². The molecule has 1 heteroatoms. The third-order valence-electron chi connectivity index (χ3n) is 3.34. The van der Waals surface area contributed by atoms with Crippen molar-refractivity contribution >= 4 is 0 Å². The molecule has 1 atom stereocenters. The Balaban J connectivity index is 3.11. The summed E-state index contributed by atoms with van der Waals surface area (Å²) in [5.74, 6) is 0. The van der Waals surface area contributed by atoms with Crippen LogP contribution in [0, 0.1) is 0 Å². The average molecular weight is 331 g/mol. The predicted octanol–water partition coefficient (Wildman–Crippen LogP) is 4.37. The van der Waals surface area contributed by atoms with Crippen molar-refractivity contribution in [3.05, 3.63) is 23.3 Å². The average Bonchev–Trinajstić information content (AvgIpc) is 2.06. The van der Waals surface area contributed by atoms with Crippen LogP contribution in [0.15, 0.2) is 23.3 Å². The van der Waals surface area contributed by atoms with Crippen LogP contribution in [0.1, 0.15) is 20.8 Å². The monoisotopic (exact) mass is 332 g/mol. The number of rotatable bonds is 1. The van der Waals surface area contributed by atoms with Crippen LogP contribution in [-0.4, -0.2) is 0 Å². The van der Waals surface area contributed by atoms with Gasteiger partial charge in [0.1, 0.15) is 0 Å². The molecule has 0 radical (unpaired) electrons. The van der Waals surface area contributed by atoms with Gasteiger partial charge in [0.15, 0.2) is 0 Å². The molecule has 1 rings (SSSR count). The molecule has 0 aromatic heterocycles. The predicted molar refractivity (Wildman–Crippen MR) is 53.5 cm³/mol. The van der Waals surface area contributed by atoms with Gasteiger partial charge in [0.2, 0.25) is 0 Å². The van der Waals surface area contributed by atoms with E-state index in [-0.39, 0.29) is 0 Å². The maximum absolute atomic E-state index is 2.53. The molecule has 0 aromatic carbocycles. The van der Waals surface area contributed by atoms with Gasteiger partial charge in [-0.3, -0.25) is 0 Å². The zero-order chi connectivity index (χ0) is 9.57. The summed E-state index contributed by atoms with van der Waals surface area (Å²) >= 11 is -1.95. The molecule has 0 fully saturated rings. The molecule has 0 heterocycles. The van der Waals surface area contributed by atoms with Gasteiger partial charge in [-0.25, -0.2) is 0 Å². The Morgan fingerprint density at radius 1 is 1.17 bits per heavy atom. The Hall–Kier alpha value is 0.350. The first-order valence-electron chi connectivity index (χ1n) is 4.65. The first-order chi connectivity index (χ1) is 5.27. The van der Waals surface area contributed by atoms with E-state index in [0.717, 1.165) is 0 Å². The molecule has 0 aliphatic heterocycles. The van der Waals surface area contributed by atoms with Gasteiger partial charge >= 0.3 is 81.3 Å². The zero-order valence-corrected chi connectivity index (χ0v) is 12.7. The van der Waals surface area contributed by atoms with E-state index in [2.05, 4.69) is 47.0 Å². The van der Waals surface area contributed by atoms with Crippen molar-refractivity contribution in [2.45, 2.75) is 38.0 Å². The molecule has 0 spiro atoms. The van der Waals surface area contributed by atoms with E-state index < -0.39 is 20.0 Å². The fourth-order valence-corrected chi connectivity index (χ4v) is 8.79. The van der Waals surface area contributed by atoms with Gasteiger partial charge in [0.05, 0.1) is 0 Å². The van der Waals surface area contributed by atoms with Gasteiger partial charge in [0, 0.05) is 0 Å². The van der Waals surface area contributed by atoms with Crippen LogP contribution in [0.5, 0.6) is 0 Å². The minimum atomic E-state index is -1.95. The van der Waals surface area contributed by atoms with Gasteiger partial charge in [0.25, 0.3) is 0 Å². The zero-order valence-electron chi connectivity index (χ0n) is 9.15. The summed E-state index contributed by atoms with van der Waals surface area (Å²) in [6, 6.07) is 0. The molecule has 0 aromatic rings. The second-order valence-electron chi connectivity index (χ2n) is 5.17. The second-order valence-corrected chi connectivity index (χ2v) is 25.1. The van der Waals surface area contributed by atoms with Crippen LogP contribution >= 0.6 is 0 Å². The van der Waals surface area contributed by atoms with E-state index >= 15 is 0 Å². The summed E-state index contributed by atoms with van der Waals surface area (Å²) in [6.45, 7) is 6.93. The molecule has 12 heavy (non-hydrogen) atoms. The Morgan fingerprint density at radius 2 is 1.67 bits per heavy atom. The van der Waals surface area contributed by atoms with E-state index in [1.165, 1.54) is 5.57 Å². The van der Waals surface area contributed by atoms with Crippen molar-refractivity contribution in [1.29, 1.82) is 0 Å². The molecular formula is C11H20Hf. The molecule has 0 amide bonds. The summed E-state index contributed by atoms with van der Waals surface area (Å²) in [4.78, 5) is 0. The first kappa shape index (κ1) is 10.4. The maximum atomic E-state index is 2.53. The fraction of sp³-hybridized carbons (Fsp3) is 0.636. The Bertz CT molecular complexity index is 253. The summed E-state index contributed by atoms with van der Waals surface area (Å²) in [5.41, 5.74) is 3.05. The molecule has 1 unspecified atom stereocenters. The summed E-state index contributed by atoms with van der Waals surface area (Å²) < 4.78 is 8.06. The minimum absolute atomic E-state index is 0.483. The molecule has 68 valence electrons. The van der Waals surface area contributed by atoms with Crippen molar-refractivity contribution < 1.29 is 20.0 Å². The van der Waals surface area contributed by atoms with Crippen molar-refractivity contribution in [2.24, 2.45) is 0 Å². The van der Waals surface area contributed by atoms with Gasteiger partial charge in [-0.15, -0.1) is 0 Å². The normalized spacial score (nSPS) is 30.2. The fourth-order valence-electron chi connectivity index (χ4n) is 1.91. The molecule has 0 N–H and O–H groups in total. The number of hydrogen-bond acceptors (Lipinski definition) is 0. The topological polar surface area (TPSA) is 0 Å². The van der Waals surface area contributed by atoms with E-state index in [9.17, 15) is 0 Å².